The smallest absolute Gasteiger partial charge is 0.194 e. The highest BCUT2D eigenvalue weighted by atomic mass is 127. The molecule has 1 aromatic heterocycles. The molecule has 0 aliphatic carbocycles. The standard InChI is InChI=1S/C19H26N4O2S.HI/c1-5-20-19(22-11-18-21-10-13(2)26-18)23-7-6-14-8-16(24-3)17(25-4)9-15(14)12-23;/h8-10H,5-7,11-12H2,1-4H3,(H,20,22);1H. The van der Waals surface area contributed by atoms with Crippen molar-refractivity contribution < 1.29 is 9.47 Å². The van der Waals surface area contributed by atoms with Gasteiger partial charge in [0.2, 0.25) is 0 Å². The van der Waals surface area contributed by atoms with Crippen LogP contribution in [0.5, 0.6) is 11.5 Å². The second-order valence-corrected chi connectivity index (χ2v) is 7.50. The Morgan fingerprint density at radius 3 is 2.56 bits per heavy atom. The third-order valence-corrected chi connectivity index (χ3v) is 5.28. The number of aliphatic imine (C=N–C) groups is 1. The number of guanidine groups is 1. The summed E-state index contributed by atoms with van der Waals surface area (Å²) in [4.78, 5) is 12.7. The third-order valence-electron chi connectivity index (χ3n) is 4.39. The predicted molar refractivity (Wildman–Crippen MR) is 121 cm³/mol. The average molecular weight is 502 g/mol. The maximum absolute atomic E-state index is 5.46. The van der Waals surface area contributed by atoms with Gasteiger partial charge in [-0.2, -0.15) is 0 Å². The van der Waals surface area contributed by atoms with Gasteiger partial charge in [-0.15, -0.1) is 35.3 Å². The van der Waals surface area contributed by atoms with E-state index in [9.17, 15) is 0 Å². The number of ether oxygens (including phenoxy) is 2. The molecule has 0 unspecified atom stereocenters. The maximum atomic E-state index is 5.46. The first kappa shape index (κ1) is 21.7. The second-order valence-electron chi connectivity index (χ2n) is 6.18. The first-order valence-electron chi connectivity index (χ1n) is 8.83. The van der Waals surface area contributed by atoms with E-state index in [2.05, 4.69) is 41.2 Å². The molecule has 0 saturated carbocycles. The number of aromatic nitrogens is 1. The fourth-order valence-corrected chi connectivity index (χ4v) is 3.82. The third kappa shape index (κ3) is 5.25. The Morgan fingerprint density at radius 2 is 1.96 bits per heavy atom. The summed E-state index contributed by atoms with van der Waals surface area (Å²) in [5.41, 5.74) is 2.56. The van der Waals surface area contributed by atoms with E-state index < -0.39 is 0 Å². The van der Waals surface area contributed by atoms with Gasteiger partial charge in [0.25, 0.3) is 0 Å². The average Bonchev–Trinajstić information content (AvgIpc) is 3.08. The largest absolute Gasteiger partial charge is 0.493 e. The number of benzene rings is 1. The van der Waals surface area contributed by atoms with Gasteiger partial charge in [-0.3, -0.25) is 0 Å². The molecular formula is C19H27IN4O2S. The van der Waals surface area contributed by atoms with E-state index in [0.717, 1.165) is 48.5 Å². The molecule has 2 heterocycles. The van der Waals surface area contributed by atoms with Crippen molar-refractivity contribution in [1.29, 1.82) is 0 Å². The fourth-order valence-electron chi connectivity index (χ4n) is 3.11. The lowest BCUT2D eigenvalue weighted by Gasteiger charge is -2.32. The van der Waals surface area contributed by atoms with Crippen LogP contribution in [0.2, 0.25) is 0 Å². The van der Waals surface area contributed by atoms with Crippen molar-refractivity contribution in [2.45, 2.75) is 33.4 Å². The minimum Gasteiger partial charge on any atom is -0.493 e. The van der Waals surface area contributed by atoms with Gasteiger partial charge in [-0.25, -0.2) is 9.98 Å². The van der Waals surface area contributed by atoms with Gasteiger partial charge in [0.15, 0.2) is 17.5 Å². The van der Waals surface area contributed by atoms with Gasteiger partial charge < -0.3 is 19.7 Å². The molecule has 0 bridgehead atoms. The van der Waals surface area contributed by atoms with Crippen LogP contribution in [0.4, 0.5) is 0 Å². The molecular weight excluding hydrogens is 475 g/mol. The number of methoxy groups -OCH3 is 2. The fraction of sp³-hybridized carbons (Fsp3) is 0.474. The Labute approximate surface area is 182 Å². The van der Waals surface area contributed by atoms with E-state index in [1.54, 1.807) is 25.6 Å². The molecule has 1 aromatic carbocycles. The van der Waals surface area contributed by atoms with Crippen LogP contribution in [0.25, 0.3) is 0 Å². The quantitative estimate of drug-likeness (QED) is 0.385. The summed E-state index contributed by atoms with van der Waals surface area (Å²) in [5, 5.41) is 4.45. The summed E-state index contributed by atoms with van der Waals surface area (Å²) in [6.07, 6.45) is 2.86. The van der Waals surface area contributed by atoms with Crippen LogP contribution in [-0.4, -0.2) is 43.2 Å². The molecule has 0 amide bonds. The SMILES string of the molecule is CCNC(=NCc1ncc(C)s1)N1CCc2cc(OC)c(OC)cc2C1.I. The van der Waals surface area contributed by atoms with Crippen molar-refractivity contribution in [2.75, 3.05) is 27.3 Å². The molecule has 3 rings (SSSR count). The summed E-state index contributed by atoms with van der Waals surface area (Å²) in [5.74, 6) is 2.49. The number of rotatable bonds is 5. The van der Waals surface area contributed by atoms with Crippen molar-refractivity contribution in [2.24, 2.45) is 4.99 Å². The van der Waals surface area contributed by atoms with Gasteiger partial charge in [0, 0.05) is 30.7 Å². The highest BCUT2D eigenvalue weighted by Crippen LogP contribution is 2.33. The number of nitrogens with zero attached hydrogens (tertiary/aromatic N) is 3. The Morgan fingerprint density at radius 1 is 1.26 bits per heavy atom. The summed E-state index contributed by atoms with van der Waals surface area (Å²) >= 11 is 1.70. The number of hydrogen-bond acceptors (Lipinski definition) is 5. The summed E-state index contributed by atoms with van der Waals surface area (Å²) in [7, 11) is 3.35. The van der Waals surface area contributed by atoms with Crippen LogP contribution in [0, 0.1) is 6.92 Å². The van der Waals surface area contributed by atoms with Crippen molar-refractivity contribution in [3.63, 3.8) is 0 Å². The molecule has 0 saturated heterocycles. The highest BCUT2D eigenvalue weighted by molar-refractivity contribution is 14.0. The predicted octanol–water partition coefficient (Wildman–Crippen LogP) is 3.61. The monoisotopic (exact) mass is 502 g/mol. The lowest BCUT2D eigenvalue weighted by Crippen LogP contribution is -2.44. The molecule has 0 atom stereocenters. The minimum absolute atomic E-state index is 0. The number of fused-ring (bicyclic) bond motifs is 1. The lowest BCUT2D eigenvalue weighted by atomic mass is 9.99. The van der Waals surface area contributed by atoms with E-state index in [1.807, 2.05) is 6.20 Å². The number of halogens is 1. The molecule has 6 nitrogen and oxygen atoms in total. The van der Waals surface area contributed by atoms with Crippen molar-refractivity contribution in [3.05, 3.63) is 39.3 Å². The van der Waals surface area contributed by atoms with Crippen molar-refractivity contribution in [3.8, 4) is 11.5 Å². The topological polar surface area (TPSA) is 59.0 Å². The molecule has 0 radical (unpaired) electrons. The normalized spacial score (nSPS) is 13.6. The zero-order chi connectivity index (χ0) is 18.5. The second kappa shape index (κ2) is 10.1. The number of nitrogens with one attached hydrogen (secondary N) is 1. The van der Waals surface area contributed by atoms with Gasteiger partial charge >= 0.3 is 0 Å². The Bertz CT molecular complexity index is 794. The van der Waals surface area contributed by atoms with E-state index in [4.69, 9.17) is 14.5 Å². The zero-order valence-electron chi connectivity index (χ0n) is 16.2. The van der Waals surface area contributed by atoms with Crippen LogP contribution in [0.15, 0.2) is 23.3 Å². The molecule has 148 valence electrons. The van der Waals surface area contributed by atoms with Gasteiger partial charge in [-0.05, 0) is 43.5 Å². The molecule has 27 heavy (non-hydrogen) atoms. The molecule has 1 N–H and O–H groups in total. The summed E-state index contributed by atoms with van der Waals surface area (Å²) in [6.45, 7) is 7.33. The Balaban J connectivity index is 0.00000261. The van der Waals surface area contributed by atoms with Crippen LogP contribution in [0.1, 0.15) is 27.9 Å². The van der Waals surface area contributed by atoms with Gasteiger partial charge in [-0.1, -0.05) is 0 Å². The molecule has 0 spiro atoms. The van der Waals surface area contributed by atoms with E-state index in [1.165, 1.54) is 16.0 Å². The lowest BCUT2D eigenvalue weighted by molar-refractivity contribution is 0.346. The van der Waals surface area contributed by atoms with Crippen LogP contribution >= 0.6 is 35.3 Å². The summed E-state index contributed by atoms with van der Waals surface area (Å²) < 4.78 is 10.9. The minimum atomic E-state index is 0. The van der Waals surface area contributed by atoms with Crippen molar-refractivity contribution in [1.82, 2.24) is 15.2 Å². The van der Waals surface area contributed by atoms with Gasteiger partial charge in [0.05, 0.1) is 20.8 Å². The molecule has 0 fully saturated rings. The molecule has 1 aliphatic rings. The van der Waals surface area contributed by atoms with E-state index in [-0.39, 0.29) is 24.0 Å². The Kier molecular flexibility index (Phi) is 8.15. The van der Waals surface area contributed by atoms with E-state index in [0.29, 0.717) is 6.54 Å². The number of thiazole rings is 1. The molecule has 2 aromatic rings. The van der Waals surface area contributed by atoms with Crippen LogP contribution in [-0.2, 0) is 19.5 Å². The van der Waals surface area contributed by atoms with Gasteiger partial charge in [0.1, 0.15) is 5.01 Å². The first-order chi connectivity index (χ1) is 12.6. The van der Waals surface area contributed by atoms with Crippen LogP contribution in [0.3, 0.4) is 0 Å². The van der Waals surface area contributed by atoms with Crippen LogP contribution < -0.4 is 14.8 Å². The van der Waals surface area contributed by atoms with E-state index >= 15 is 0 Å². The Hall–Kier alpha value is -1.55. The number of hydrogen-bond donors (Lipinski definition) is 1. The maximum Gasteiger partial charge on any atom is 0.194 e. The highest BCUT2D eigenvalue weighted by Gasteiger charge is 2.21. The number of aryl methyl sites for hydroxylation is 1. The summed E-state index contributed by atoms with van der Waals surface area (Å²) in [6, 6.07) is 4.17. The molecule has 1 aliphatic heterocycles. The zero-order valence-corrected chi connectivity index (χ0v) is 19.4. The van der Waals surface area contributed by atoms with Crippen molar-refractivity contribution >= 4 is 41.3 Å². The first-order valence-corrected chi connectivity index (χ1v) is 9.64. The molecule has 8 heteroatoms.